The van der Waals surface area contributed by atoms with E-state index in [1.807, 2.05) is 6.92 Å². The van der Waals surface area contributed by atoms with Crippen molar-refractivity contribution in [2.75, 3.05) is 19.8 Å². The lowest BCUT2D eigenvalue weighted by Crippen LogP contribution is -2.35. The van der Waals surface area contributed by atoms with Crippen LogP contribution in [0.2, 0.25) is 0 Å². The minimum atomic E-state index is -0.639. The largest absolute Gasteiger partial charge is 0.490 e. The first-order chi connectivity index (χ1) is 13.8. The van der Waals surface area contributed by atoms with E-state index in [9.17, 15) is 14.4 Å². The molecule has 1 fully saturated rings. The number of nitrogens with zero attached hydrogens (tertiary/aromatic N) is 1. The van der Waals surface area contributed by atoms with Crippen LogP contribution < -0.4 is 9.47 Å². The lowest BCUT2D eigenvalue weighted by Gasteiger charge is -2.14. The summed E-state index contributed by atoms with van der Waals surface area (Å²) in [6, 6.07) is 3.40. The van der Waals surface area contributed by atoms with Crippen molar-refractivity contribution in [1.82, 2.24) is 4.90 Å². The number of carbonyl (C=O) groups excluding carboxylic acids is 3. The van der Waals surface area contributed by atoms with Crippen LogP contribution in [-0.2, 0) is 14.3 Å². The number of hydrogen-bond donors (Lipinski definition) is 0. The summed E-state index contributed by atoms with van der Waals surface area (Å²) in [4.78, 5) is 37.6. The molecule has 0 spiro atoms. The summed E-state index contributed by atoms with van der Waals surface area (Å²) in [5, 5.41) is -0.528. The second-order valence-corrected chi connectivity index (χ2v) is 7.91. The molecule has 2 amide bonds. The van der Waals surface area contributed by atoms with Gasteiger partial charge in [0.05, 0.1) is 22.1 Å². The summed E-state index contributed by atoms with van der Waals surface area (Å²) in [6.07, 6.45) is 6.46. The van der Waals surface area contributed by atoms with Gasteiger partial charge in [0, 0.05) is 0 Å². The third-order valence-corrected chi connectivity index (χ3v) is 4.95. The number of benzene rings is 1. The second-order valence-electron chi connectivity index (χ2n) is 6.06. The fourth-order valence-electron chi connectivity index (χ4n) is 2.41. The van der Waals surface area contributed by atoms with Gasteiger partial charge in [-0.3, -0.25) is 19.3 Å². The number of rotatable bonds is 8. The van der Waals surface area contributed by atoms with Crippen LogP contribution in [0.25, 0.3) is 6.08 Å². The molecule has 2 rings (SSSR count). The van der Waals surface area contributed by atoms with Gasteiger partial charge in [0.25, 0.3) is 11.1 Å². The molecule has 0 radical (unpaired) electrons. The number of imide groups is 1. The van der Waals surface area contributed by atoms with E-state index in [-0.39, 0.29) is 17.6 Å². The van der Waals surface area contributed by atoms with Crippen molar-refractivity contribution in [2.45, 2.75) is 26.9 Å². The number of ether oxygens (including phenoxy) is 3. The van der Waals surface area contributed by atoms with E-state index >= 15 is 0 Å². The fraction of sp³-hybridized carbons (Fsp3) is 0.350. The zero-order chi connectivity index (χ0) is 21.6. The third-order valence-electron chi connectivity index (χ3n) is 3.46. The lowest BCUT2D eigenvalue weighted by atomic mass is 10.2. The Balaban J connectivity index is 2.27. The van der Waals surface area contributed by atoms with E-state index in [0.717, 1.165) is 16.7 Å². The van der Waals surface area contributed by atoms with Crippen LogP contribution in [0.4, 0.5) is 4.79 Å². The van der Waals surface area contributed by atoms with Gasteiger partial charge >= 0.3 is 5.97 Å². The summed E-state index contributed by atoms with van der Waals surface area (Å²) in [7, 11) is 0. The molecule has 7 nitrogen and oxygen atoms in total. The first-order valence-electron chi connectivity index (χ1n) is 8.74. The van der Waals surface area contributed by atoms with Crippen LogP contribution in [0.3, 0.4) is 0 Å². The predicted molar refractivity (Wildman–Crippen MR) is 114 cm³/mol. The van der Waals surface area contributed by atoms with Crippen LogP contribution in [0.15, 0.2) is 21.5 Å². The third kappa shape index (κ3) is 6.02. The van der Waals surface area contributed by atoms with Gasteiger partial charge in [0.1, 0.15) is 13.2 Å². The highest BCUT2D eigenvalue weighted by atomic mass is 79.9. The van der Waals surface area contributed by atoms with Gasteiger partial charge in [-0.2, -0.15) is 0 Å². The maximum atomic E-state index is 12.6. The molecule has 1 aliphatic rings. The number of esters is 1. The summed E-state index contributed by atoms with van der Waals surface area (Å²) >= 11 is 4.17. The standard InChI is InChI=1S/C20H20BrNO6S/c1-5-7-27-18-14(21)8-13(9-15(18)26-6-2)10-16-19(24)22(20(25)29-16)11-17(23)28-12(3)4/h1,8-10,12H,6-7,11H2,2-4H3/b16-10-. The van der Waals surface area contributed by atoms with E-state index < -0.39 is 23.7 Å². The van der Waals surface area contributed by atoms with Crippen molar-refractivity contribution >= 4 is 50.9 Å². The van der Waals surface area contributed by atoms with Crippen molar-refractivity contribution in [2.24, 2.45) is 0 Å². The molecule has 0 bridgehead atoms. The Labute approximate surface area is 181 Å². The molecule has 1 aliphatic heterocycles. The van der Waals surface area contributed by atoms with Gasteiger partial charge in [-0.1, -0.05) is 5.92 Å². The molecule has 0 atom stereocenters. The highest BCUT2D eigenvalue weighted by molar-refractivity contribution is 9.10. The van der Waals surface area contributed by atoms with E-state index in [0.29, 0.717) is 28.1 Å². The predicted octanol–water partition coefficient (Wildman–Crippen LogP) is 3.85. The smallest absolute Gasteiger partial charge is 0.326 e. The molecule has 0 aromatic heterocycles. The normalized spacial score (nSPS) is 15.0. The Bertz CT molecular complexity index is 890. The zero-order valence-corrected chi connectivity index (χ0v) is 18.6. The number of halogens is 1. The summed E-state index contributed by atoms with van der Waals surface area (Å²) in [5.41, 5.74) is 0.614. The molecule has 0 saturated carbocycles. The minimum absolute atomic E-state index is 0.0728. The average molecular weight is 482 g/mol. The topological polar surface area (TPSA) is 82.1 Å². The SMILES string of the molecule is C#CCOc1c(Br)cc(/C=C2\SC(=O)N(CC(=O)OC(C)C)C2=O)cc1OCC. The molecule has 1 saturated heterocycles. The van der Waals surface area contributed by atoms with Gasteiger partial charge in [0.2, 0.25) is 0 Å². The van der Waals surface area contributed by atoms with Crippen molar-refractivity contribution in [3.63, 3.8) is 0 Å². The Hall–Kier alpha value is -2.44. The fourth-order valence-corrected chi connectivity index (χ4v) is 3.82. The molecule has 154 valence electrons. The Kier molecular flexibility index (Phi) is 8.17. The molecule has 9 heteroatoms. The maximum Gasteiger partial charge on any atom is 0.326 e. The van der Waals surface area contributed by atoms with Crippen LogP contribution >= 0.6 is 27.7 Å². The molecule has 29 heavy (non-hydrogen) atoms. The van der Waals surface area contributed by atoms with E-state index in [1.165, 1.54) is 0 Å². The van der Waals surface area contributed by atoms with Crippen molar-refractivity contribution in [1.29, 1.82) is 0 Å². The highest BCUT2D eigenvalue weighted by Crippen LogP contribution is 2.39. The van der Waals surface area contributed by atoms with Crippen LogP contribution in [0.1, 0.15) is 26.3 Å². The van der Waals surface area contributed by atoms with E-state index in [2.05, 4.69) is 21.9 Å². The molecule has 1 aromatic carbocycles. The van der Waals surface area contributed by atoms with Crippen molar-refractivity contribution in [3.8, 4) is 23.8 Å². The average Bonchev–Trinajstić information content (AvgIpc) is 2.88. The molecule has 0 unspecified atom stereocenters. The van der Waals surface area contributed by atoms with Gasteiger partial charge < -0.3 is 14.2 Å². The first-order valence-corrected chi connectivity index (χ1v) is 10.3. The second kappa shape index (κ2) is 10.4. The Morgan fingerprint density at radius 1 is 1.34 bits per heavy atom. The monoisotopic (exact) mass is 481 g/mol. The lowest BCUT2D eigenvalue weighted by molar-refractivity contribution is -0.149. The number of amides is 2. The zero-order valence-electron chi connectivity index (χ0n) is 16.2. The minimum Gasteiger partial charge on any atom is -0.490 e. The van der Waals surface area contributed by atoms with Gasteiger partial charge in [0.15, 0.2) is 11.5 Å². The maximum absolute atomic E-state index is 12.6. The summed E-state index contributed by atoms with van der Waals surface area (Å²) in [5.74, 6) is 2.10. The molecule has 0 aliphatic carbocycles. The van der Waals surface area contributed by atoms with Crippen LogP contribution in [-0.4, -0.2) is 47.9 Å². The number of terminal acetylenes is 1. The number of thioether (sulfide) groups is 1. The summed E-state index contributed by atoms with van der Waals surface area (Å²) in [6.45, 7) is 5.26. The number of carbonyl (C=O) groups is 3. The van der Waals surface area contributed by atoms with Gasteiger partial charge in [-0.15, -0.1) is 6.42 Å². The van der Waals surface area contributed by atoms with Gasteiger partial charge in [-0.05, 0) is 72.2 Å². The Morgan fingerprint density at radius 2 is 2.07 bits per heavy atom. The van der Waals surface area contributed by atoms with Gasteiger partial charge in [-0.25, -0.2) is 0 Å². The van der Waals surface area contributed by atoms with Crippen LogP contribution in [0, 0.1) is 12.3 Å². The van der Waals surface area contributed by atoms with Crippen molar-refractivity contribution < 1.29 is 28.6 Å². The number of hydrogen-bond acceptors (Lipinski definition) is 7. The first kappa shape index (κ1) is 22.8. The van der Waals surface area contributed by atoms with Crippen molar-refractivity contribution in [3.05, 3.63) is 27.1 Å². The van der Waals surface area contributed by atoms with E-state index in [4.69, 9.17) is 20.6 Å². The quantitative estimate of drug-likeness (QED) is 0.316. The highest BCUT2D eigenvalue weighted by Gasteiger charge is 2.36. The molecular weight excluding hydrogens is 462 g/mol. The molecular formula is C20H20BrNO6S. The Morgan fingerprint density at radius 3 is 2.69 bits per heavy atom. The summed E-state index contributed by atoms with van der Waals surface area (Å²) < 4.78 is 16.7. The van der Waals surface area contributed by atoms with Crippen LogP contribution in [0.5, 0.6) is 11.5 Å². The molecule has 1 aromatic rings. The van der Waals surface area contributed by atoms with E-state index in [1.54, 1.807) is 32.1 Å². The molecule has 1 heterocycles. The molecule has 0 N–H and O–H groups in total.